The number of para-hydroxylation sites is 1. The molecule has 2 aromatic heterocycles. The van der Waals surface area contributed by atoms with Crippen molar-refractivity contribution in [3.8, 4) is 11.4 Å². The third kappa shape index (κ3) is 4.01. The standard InChI is InChI=1S/C20H22N6O2/c1-25-19(27)11-18(17-7-8-21-14-23-17)24-20(25)26-9-10-28-16(13-26)12-22-15-5-3-2-4-6-15/h2-8,11,14,16,22H,9-10,12-13H2,1H3. The number of rotatable bonds is 5. The van der Waals surface area contributed by atoms with Gasteiger partial charge in [-0.15, -0.1) is 0 Å². The van der Waals surface area contributed by atoms with Crippen molar-refractivity contribution in [2.24, 2.45) is 7.05 Å². The van der Waals surface area contributed by atoms with Crippen LogP contribution in [0.1, 0.15) is 0 Å². The van der Waals surface area contributed by atoms with Crippen molar-refractivity contribution >= 4 is 11.6 Å². The van der Waals surface area contributed by atoms with Gasteiger partial charge in [0.05, 0.1) is 24.1 Å². The lowest BCUT2D eigenvalue weighted by molar-refractivity contribution is 0.0484. The summed E-state index contributed by atoms with van der Waals surface area (Å²) < 4.78 is 7.46. The molecule has 1 saturated heterocycles. The molecule has 8 heteroatoms. The van der Waals surface area contributed by atoms with E-state index in [2.05, 4.69) is 20.2 Å². The van der Waals surface area contributed by atoms with Gasteiger partial charge in [-0.1, -0.05) is 18.2 Å². The average Bonchev–Trinajstić information content (AvgIpc) is 2.75. The highest BCUT2D eigenvalue weighted by Gasteiger charge is 2.24. The molecule has 0 spiro atoms. The molecule has 8 nitrogen and oxygen atoms in total. The average molecular weight is 378 g/mol. The maximum Gasteiger partial charge on any atom is 0.255 e. The number of morpholine rings is 1. The Labute approximate surface area is 162 Å². The number of aromatic nitrogens is 4. The van der Waals surface area contributed by atoms with Gasteiger partial charge in [-0.2, -0.15) is 0 Å². The first-order valence-electron chi connectivity index (χ1n) is 9.20. The normalized spacial score (nSPS) is 16.8. The Kier molecular flexibility index (Phi) is 5.29. The molecule has 4 rings (SSSR count). The monoisotopic (exact) mass is 378 g/mol. The lowest BCUT2D eigenvalue weighted by Crippen LogP contribution is -2.47. The van der Waals surface area contributed by atoms with Gasteiger partial charge in [-0.05, 0) is 18.2 Å². The van der Waals surface area contributed by atoms with Crippen LogP contribution in [0.15, 0.2) is 59.8 Å². The van der Waals surface area contributed by atoms with Crippen LogP contribution in [0.3, 0.4) is 0 Å². The maximum absolute atomic E-state index is 12.5. The Balaban J connectivity index is 1.53. The van der Waals surface area contributed by atoms with Crippen LogP contribution in [0.4, 0.5) is 11.6 Å². The zero-order chi connectivity index (χ0) is 19.3. The van der Waals surface area contributed by atoms with E-state index in [4.69, 9.17) is 9.72 Å². The molecule has 0 radical (unpaired) electrons. The van der Waals surface area contributed by atoms with Crippen LogP contribution in [-0.4, -0.2) is 51.9 Å². The molecule has 1 N–H and O–H groups in total. The van der Waals surface area contributed by atoms with Crippen molar-refractivity contribution in [3.63, 3.8) is 0 Å². The molecule has 1 aliphatic rings. The molecule has 1 fully saturated rings. The molecule has 3 aromatic rings. The van der Waals surface area contributed by atoms with Crippen LogP contribution in [0.5, 0.6) is 0 Å². The van der Waals surface area contributed by atoms with Crippen molar-refractivity contribution in [1.29, 1.82) is 0 Å². The van der Waals surface area contributed by atoms with Crippen LogP contribution in [-0.2, 0) is 11.8 Å². The molecule has 1 aliphatic heterocycles. The summed E-state index contributed by atoms with van der Waals surface area (Å²) in [7, 11) is 1.74. The molecule has 0 amide bonds. The van der Waals surface area contributed by atoms with E-state index in [-0.39, 0.29) is 11.7 Å². The highest BCUT2D eigenvalue weighted by molar-refractivity contribution is 5.55. The predicted octanol–water partition coefficient (Wildman–Crippen LogP) is 1.55. The number of ether oxygens (including phenoxy) is 1. The summed E-state index contributed by atoms with van der Waals surface area (Å²) in [6.07, 6.45) is 3.09. The van der Waals surface area contributed by atoms with E-state index in [1.807, 2.05) is 30.3 Å². The lowest BCUT2D eigenvalue weighted by atomic mass is 10.2. The van der Waals surface area contributed by atoms with Gasteiger partial charge < -0.3 is 15.0 Å². The Bertz CT molecular complexity index is 977. The first-order valence-corrected chi connectivity index (χ1v) is 9.20. The van der Waals surface area contributed by atoms with Gasteiger partial charge in [0.1, 0.15) is 6.33 Å². The Hall–Kier alpha value is -3.26. The fraction of sp³-hybridized carbons (Fsp3) is 0.300. The number of nitrogens with zero attached hydrogens (tertiary/aromatic N) is 5. The number of anilines is 2. The van der Waals surface area contributed by atoms with Crippen LogP contribution in [0.2, 0.25) is 0 Å². The molecule has 28 heavy (non-hydrogen) atoms. The molecule has 0 aliphatic carbocycles. The summed E-state index contributed by atoms with van der Waals surface area (Å²) in [4.78, 5) is 27.4. The minimum atomic E-state index is -0.121. The van der Waals surface area contributed by atoms with E-state index in [0.29, 0.717) is 43.6 Å². The van der Waals surface area contributed by atoms with Crippen LogP contribution >= 0.6 is 0 Å². The van der Waals surface area contributed by atoms with E-state index in [9.17, 15) is 4.79 Å². The van der Waals surface area contributed by atoms with Crippen LogP contribution in [0.25, 0.3) is 11.4 Å². The molecule has 1 atom stereocenters. The Morgan fingerprint density at radius 1 is 1.21 bits per heavy atom. The van der Waals surface area contributed by atoms with E-state index in [1.54, 1.807) is 23.9 Å². The second kappa shape index (κ2) is 8.18. The third-order valence-corrected chi connectivity index (χ3v) is 4.68. The second-order valence-electron chi connectivity index (χ2n) is 6.62. The Morgan fingerprint density at radius 3 is 2.86 bits per heavy atom. The second-order valence-corrected chi connectivity index (χ2v) is 6.62. The molecular formula is C20H22N6O2. The van der Waals surface area contributed by atoms with Crippen molar-refractivity contribution in [2.75, 3.05) is 36.5 Å². The maximum atomic E-state index is 12.5. The van der Waals surface area contributed by atoms with Gasteiger partial charge in [0.25, 0.3) is 5.56 Å². The SMILES string of the molecule is Cn1c(N2CCOC(CNc3ccccc3)C2)nc(-c2ccncn2)cc1=O. The minimum Gasteiger partial charge on any atom is -0.382 e. The zero-order valence-corrected chi connectivity index (χ0v) is 15.7. The summed E-state index contributed by atoms with van der Waals surface area (Å²) in [5.74, 6) is 0.620. The molecule has 1 aromatic carbocycles. The van der Waals surface area contributed by atoms with Crippen LogP contribution in [0, 0.1) is 0 Å². The summed E-state index contributed by atoms with van der Waals surface area (Å²) in [5, 5.41) is 3.39. The summed E-state index contributed by atoms with van der Waals surface area (Å²) in [5.41, 5.74) is 2.11. The first-order chi connectivity index (χ1) is 13.7. The van der Waals surface area contributed by atoms with Gasteiger partial charge in [-0.25, -0.2) is 15.0 Å². The Morgan fingerprint density at radius 2 is 2.07 bits per heavy atom. The van der Waals surface area contributed by atoms with Crippen molar-refractivity contribution in [3.05, 3.63) is 65.3 Å². The van der Waals surface area contributed by atoms with Crippen molar-refractivity contribution in [1.82, 2.24) is 19.5 Å². The number of hydrogen-bond acceptors (Lipinski definition) is 7. The quantitative estimate of drug-likeness (QED) is 0.721. The van der Waals surface area contributed by atoms with E-state index < -0.39 is 0 Å². The highest BCUT2D eigenvalue weighted by Crippen LogP contribution is 2.18. The molecule has 144 valence electrons. The van der Waals surface area contributed by atoms with Gasteiger partial charge in [0.15, 0.2) is 0 Å². The molecule has 1 unspecified atom stereocenters. The molecule has 3 heterocycles. The van der Waals surface area contributed by atoms with Crippen molar-refractivity contribution < 1.29 is 4.74 Å². The fourth-order valence-corrected chi connectivity index (χ4v) is 3.20. The number of nitrogens with one attached hydrogen (secondary N) is 1. The minimum absolute atomic E-state index is 0.00596. The smallest absolute Gasteiger partial charge is 0.255 e. The number of benzene rings is 1. The van der Waals surface area contributed by atoms with Gasteiger partial charge in [0, 0.05) is 44.6 Å². The fourth-order valence-electron chi connectivity index (χ4n) is 3.20. The van der Waals surface area contributed by atoms with Crippen LogP contribution < -0.4 is 15.8 Å². The summed E-state index contributed by atoms with van der Waals surface area (Å²) in [6.45, 7) is 2.58. The molecule has 0 bridgehead atoms. The molecular weight excluding hydrogens is 356 g/mol. The van der Waals surface area contributed by atoms with E-state index in [1.165, 1.54) is 12.4 Å². The topological polar surface area (TPSA) is 85.2 Å². The van der Waals surface area contributed by atoms with E-state index in [0.717, 1.165) is 5.69 Å². The summed E-state index contributed by atoms with van der Waals surface area (Å²) >= 11 is 0. The largest absolute Gasteiger partial charge is 0.382 e. The predicted molar refractivity (Wildman–Crippen MR) is 107 cm³/mol. The first kappa shape index (κ1) is 18.1. The highest BCUT2D eigenvalue weighted by atomic mass is 16.5. The lowest BCUT2D eigenvalue weighted by Gasteiger charge is -2.34. The molecule has 0 saturated carbocycles. The zero-order valence-electron chi connectivity index (χ0n) is 15.7. The van der Waals surface area contributed by atoms with Gasteiger partial charge in [0.2, 0.25) is 5.95 Å². The van der Waals surface area contributed by atoms with Crippen molar-refractivity contribution in [2.45, 2.75) is 6.10 Å². The van der Waals surface area contributed by atoms with E-state index >= 15 is 0 Å². The summed E-state index contributed by atoms with van der Waals surface area (Å²) in [6, 6.07) is 13.3. The van der Waals surface area contributed by atoms with Gasteiger partial charge in [-0.3, -0.25) is 9.36 Å². The number of hydrogen-bond donors (Lipinski definition) is 1. The van der Waals surface area contributed by atoms with Gasteiger partial charge >= 0.3 is 0 Å². The third-order valence-electron chi connectivity index (χ3n) is 4.68.